The number of hydrogen-bond donors (Lipinski definition) is 0. The summed E-state index contributed by atoms with van der Waals surface area (Å²) in [7, 11) is 4.78. The van der Waals surface area contributed by atoms with Crippen LogP contribution >= 0.6 is 0 Å². The van der Waals surface area contributed by atoms with Crippen molar-refractivity contribution in [3.05, 3.63) is 70.9 Å². The van der Waals surface area contributed by atoms with Gasteiger partial charge in [-0.3, -0.25) is 14.6 Å². The van der Waals surface area contributed by atoms with E-state index < -0.39 is 17.8 Å². The first-order chi connectivity index (χ1) is 17.0. The highest BCUT2D eigenvalue weighted by molar-refractivity contribution is 6.09. The molecule has 35 heavy (non-hydrogen) atoms. The van der Waals surface area contributed by atoms with E-state index in [1.807, 2.05) is 55.5 Å². The Morgan fingerprint density at radius 1 is 0.943 bits per heavy atom. The summed E-state index contributed by atoms with van der Waals surface area (Å²) in [5.74, 6) is -0.138. The van der Waals surface area contributed by atoms with Gasteiger partial charge in [-0.25, -0.2) is 0 Å². The lowest BCUT2D eigenvalue weighted by Gasteiger charge is -2.36. The molecule has 0 saturated heterocycles. The van der Waals surface area contributed by atoms with Crippen molar-refractivity contribution < 1.29 is 28.5 Å². The van der Waals surface area contributed by atoms with Crippen molar-refractivity contribution in [2.24, 2.45) is 10.9 Å². The zero-order chi connectivity index (χ0) is 24.9. The molecule has 1 heterocycles. The van der Waals surface area contributed by atoms with Crippen molar-refractivity contribution >= 4 is 17.5 Å². The van der Waals surface area contributed by atoms with Gasteiger partial charge in [-0.05, 0) is 54.7 Å². The minimum atomic E-state index is -0.695. The Labute approximate surface area is 205 Å². The molecule has 3 atom stereocenters. The lowest BCUT2D eigenvalue weighted by atomic mass is 9.69. The SMILES string of the molecule is COCCOC(=O)C1C(C)=NC2=C(C(=O)C[C@H](c3ccc(OC)cc3)C2)[C@H]1c1cccc(OC)c1. The lowest BCUT2D eigenvalue weighted by molar-refractivity contribution is -0.147. The topological polar surface area (TPSA) is 83.4 Å². The number of Topliss-reactive ketones (excluding diaryl/α,β-unsaturated/α-hetero) is 1. The number of carbonyl (C=O) groups is 2. The third kappa shape index (κ3) is 5.15. The number of ketones is 1. The minimum Gasteiger partial charge on any atom is -0.497 e. The number of aliphatic imine (C=N–C) groups is 1. The van der Waals surface area contributed by atoms with E-state index >= 15 is 0 Å². The molecular weight excluding hydrogens is 446 g/mol. The van der Waals surface area contributed by atoms with Gasteiger partial charge < -0.3 is 18.9 Å². The van der Waals surface area contributed by atoms with E-state index in [0.29, 0.717) is 36.5 Å². The van der Waals surface area contributed by atoms with Crippen molar-refractivity contribution in [1.29, 1.82) is 0 Å². The molecule has 7 heteroatoms. The van der Waals surface area contributed by atoms with Crippen molar-refractivity contribution in [2.45, 2.75) is 31.6 Å². The molecule has 0 spiro atoms. The number of allylic oxidation sites excluding steroid dienone is 2. The van der Waals surface area contributed by atoms with Crippen LogP contribution in [0.5, 0.6) is 11.5 Å². The fraction of sp³-hybridized carbons (Fsp3) is 0.393. The molecule has 2 aromatic carbocycles. The second kappa shape index (κ2) is 10.9. The average molecular weight is 478 g/mol. The van der Waals surface area contributed by atoms with E-state index in [1.165, 1.54) is 0 Å². The third-order valence-corrected chi connectivity index (χ3v) is 6.71. The van der Waals surface area contributed by atoms with Crippen LogP contribution in [0.4, 0.5) is 0 Å². The molecule has 0 fully saturated rings. The molecule has 0 aromatic heterocycles. The largest absolute Gasteiger partial charge is 0.497 e. The van der Waals surface area contributed by atoms with Crippen molar-refractivity contribution in [3.8, 4) is 11.5 Å². The molecule has 0 amide bonds. The third-order valence-electron chi connectivity index (χ3n) is 6.71. The van der Waals surface area contributed by atoms with E-state index in [4.69, 9.17) is 23.9 Å². The quantitative estimate of drug-likeness (QED) is 0.412. The van der Waals surface area contributed by atoms with Crippen LogP contribution in [0.25, 0.3) is 0 Å². The van der Waals surface area contributed by atoms with Gasteiger partial charge in [0.15, 0.2) is 5.78 Å². The highest BCUT2D eigenvalue weighted by Crippen LogP contribution is 2.47. The molecule has 1 aliphatic carbocycles. The summed E-state index contributed by atoms with van der Waals surface area (Å²) in [4.78, 5) is 31.7. The van der Waals surface area contributed by atoms with Crippen LogP contribution in [0.2, 0.25) is 0 Å². The fourth-order valence-electron chi connectivity index (χ4n) is 4.99. The number of nitrogens with zero attached hydrogens (tertiary/aromatic N) is 1. The van der Waals surface area contributed by atoms with Gasteiger partial charge in [-0.15, -0.1) is 0 Å². The molecule has 2 aromatic rings. The lowest BCUT2D eigenvalue weighted by Crippen LogP contribution is -2.38. The summed E-state index contributed by atoms with van der Waals surface area (Å²) in [5, 5.41) is 0. The monoisotopic (exact) mass is 477 g/mol. The summed E-state index contributed by atoms with van der Waals surface area (Å²) in [6, 6.07) is 15.3. The van der Waals surface area contributed by atoms with Gasteiger partial charge in [-0.1, -0.05) is 24.3 Å². The summed E-state index contributed by atoms with van der Waals surface area (Å²) in [5.41, 5.74) is 3.88. The first-order valence-corrected chi connectivity index (χ1v) is 11.7. The number of carbonyl (C=O) groups excluding carboxylic acids is 2. The number of rotatable bonds is 8. The Morgan fingerprint density at radius 3 is 2.37 bits per heavy atom. The Balaban J connectivity index is 1.74. The molecule has 184 valence electrons. The maximum Gasteiger partial charge on any atom is 0.315 e. The van der Waals surface area contributed by atoms with Crippen LogP contribution in [0.3, 0.4) is 0 Å². The zero-order valence-electron chi connectivity index (χ0n) is 20.6. The smallest absolute Gasteiger partial charge is 0.315 e. The van der Waals surface area contributed by atoms with Crippen LogP contribution in [-0.4, -0.2) is 52.0 Å². The standard InChI is InChI=1S/C28H31NO6/c1-17-25(28(31)35-13-12-32-2)26(19-6-5-7-22(14-19)34-4)27-23(29-17)15-20(16-24(27)30)18-8-10-21(33-3)11-9-18/h5-11,14,20,25-26H,12-13,15-16H2,1-4H3/t20-,25?,26+/m1/s1. The summed E-state index contributed by atoms with van der Waals surface area (Å²) < 4.78 is 21.2. The first kappa shape index (κ1) is 24.7. The van der Waals surface area contributed by atoms with Gasteiger partial charge in [0.2, 0.25) is 0 Å². The summed E-state index contributed by atoms with van der Waals surface area (Å²) in [6.45, 7) is 2.28. The highest BCUT2D eigenvalue weighted by Gasteiger charge is 2.44. The second-order valence-corrected chi connectivity index (χ2v) is 8.81. The molecule has 7 nitrogen and oxygen atoms in total. The van der Waals surface area contributed by atoms with Gasteiger partial charge in [0, 0.05) is 36.4 Å². The molecule has 4 rings (SSSR count). The molecule has 0 bridgehead atoms. The van der Waals surface area contributed by atoms with Crippen LogP contribution in [-0.2, 0) is 19.1 Å². The van der Waals surface area contributed by atoms with Gasteiger partial charge in [0.25, 0.3) is 0 Å². The second-order valence-electron chi connectivity index (χ2n) is 8.81. The average Bonchev–Trinajstić information content (AvgIpc) is 2.87. The molecular formula is C28H31NO6. The van der Waals surface area contributed by atoms with Crippen molar-refractivity contribution in [3.63, 3.8) is 0 Å². The van der Waals surface area contributed by atoms with Gasteiger partial charge in [0.1, 0.15) is 24.0 Å². The van der Waals surface area contributed by atoms with E-state index in [9.17, 15) is 9.59 Å². The maximum atomic E-state index is 13.7. The Bertz CT molecular complexity index is 1150. The van der Waals surface area contributed by atoms with Crippen LogP contribution in [0.15, 0.2) is 64.8 Å². The highest BCUT2D eigenvalue weighted by atomic mass is 16.6. The van der Waals surface area contributed by atoms with Crippen molar-refractivity contribution in [1.82, 2.24) is 0 Å². The normalized spacial score (nSPS) is 21.8. The zero-order valence-corrected chi connectivity index (χ0v) is 20.6. The minimum absolute atomic E-state index is 0.00540. The maximum absolute atomic E-state index is 13.7. The number of esters is 1. The van der Waals surface area contributed by atoms with Crippen LogP contribution < -0.4 is 9.47 Å². The predicted octanol–water partition coefficient (Wildman–Crippen LogP) is 4.47. The van der Waals surface area contributed by atoms with E-state index in [1.54, 1.807) is 21.3 Å². The van der Waals surface area contributed by atoms with Crippen LogP contribution in [0.1, 0.15) is 42.7 Å². The molecule has 0 radical (unpaired) electrons. The Kier molecular flexibility index (Phi) is 7.66. The Morgan fingerprint density at radius 2 is 1.69 bits per heavy atom. The molecule has 2 aliphatic rings. The van der Waals surface area contributed by atoms with E-state index in [2.05, 4.69) is 0 Å². The first-order valence-electron chi connectivity index (χ1n) is 11.7. The summed E-state index contributed by atoms with van der Waals surface area (Å²) in [6.07, 6.45) is 0.974. The van der Waals surface area contributed by atoms with Gasteiger partial charge in [-0.2, -0.15) is 0 Å². The number of benzene rings is 2. The molecule has 1 unspecified atom stereocenters. The van der Waals surface area contributed by atoms with Gasteiger partial charge in [0.05, 0.1) is 20.8 Å². The summed E-state index contributed by atoms with van der Waals surface area (Å²) >= 11 is 0. The number of methoxy groups -OCH3 is 3. The van der Waals surface area contributed by atoms with Crippen LogP contribution in [0, 0.1) is 5.92 Å². The van der Waals surface area contributed by atoms with Crippen molar-refractivity contribution in [2.75, 3.05) is 34.5 Å². The molecule has 1 aliphatic heterocycles. The molecule has 0 N–H and O–H groups in total. The molecule has 0 saturated carbocycles. The Hall–Kier alpha value is -3.45. The van der Waals surface area contributed by atoms with E-state index in [0.717, 1.165) is 22.6 Å². The van der Waals surface area contributed by atoms with E-state index in [-0.39, 0.29) is 18.3 Å². The number of ether oxygens (including phenoxy) is 4. The predicted molar refractivity (Wildman–Crippen MR) is 132 cm³/mol. The van der Waals surface area contributed by atoms with Gasteiger partial charge >= 0.3 is 5.97 Å². The fourth-order valence-corrected chi connectivity index (χ4v) is 4.99. The number of hydrogen-bond acceptors (Lipinski definition) is 7.